The molecule has 1 amide bonds. The van der Waals surface area contributed by atoms with Gasteiger partial charge >= 0.3 is 0 Å². The van der Waals surface area contributed by atoms with E-state index in [-0.39, 0.29) is 11.0 Å². The molecule has 170 valence electrons. The summed E-state index contributed by atoms with van der Waals surface area (Å²) in [5.41, 5.74) is 3.10. The number of thiocarbonyl (C=S) groups is 1. The summed E-state index contributed by atoms with van der Waals surface area (Å²) in [5, 5.41) is 5.90. The van der Waals surface area contributed by atoms with Crippen molar-refractivity contribution >= 4 is 44.9 Å². The van der Waals surface area contributed by atoms with Gasteiger partial charge in [-0.1, -0.05) is 65.0 Å². The molecule has 0 aliphatic carbocycles. The fourth-order valence-corrected chi connectivity index (χ4v) is 3.51. The average Bonchev–Trinajstić information content (AvgIpc) is 2.80. The molecule has 0 saturated carbocycles. The van der Waals surface area contributed by atoms with E-state index in [9.17, 15) is 4.79 Å². The van der Waals surface area contributed by atoms with Crippen molar-refractivity contribution < 1.29 is 14.3 Å². The number of hydrogen-bond acceptors (Lipinski definition) is 4. The maximum atomic E-state index is 13.0. The van der Waals surface area contributed by atoms with Crippen LogP contribution in [0.4, 0.5) is 5.69 Å². The van der Waals surface area contributed by atoms with Crippen molar-refractivity contribution in [3.05, 3.63) is 101 Å². The Hall–Kier alpha value is -3.16. The van der Waals surface area contributed by atoms with Crippen LogP contribution in [0.3, 0.4) is 0 Å². The Morgan fingerprint density at radius 2 is 1.73 bits per heavy atom. The van der Waals surface area contributed by atoms with Gasteiger partial charge in [0.25, 0.3) is 5.91 Å². The van der Waals surface area contributed by atoms with Crippen LogP contribution < -0.4 is 20.1 Å². The standard InChI is InChI=1S/C26H25BrN2O3S/c1-18(2)17-32-24-11-7-6-10-22(24)28-26(33)29-25(30)21-16-20(27)12-13-23(21)31-15-14-19-8-4-3-5-9-19/h3-13,16H,1,14-15,17H2,2H3,(H2,28,29,30,33). The van der Waals surface area contributed by atoms with Crippen LogP contribution in [0.1, 0.15) is 22.8 Å². The lowest BCUT2D eigenvalue weighted by Crippen LogP contribution is -2.34. The van der Waals surface area contributed by atoms with Crippen molar-refractivity contribution in [3.63, 3.8) is 0 Å². The van der Waals surface area contributed by atoms with E-state index in [4.69, 9.17) is 21.7 Å². The lowest BCUT2D eigenvalue weighted by atomic mass is 10.1. The van der Waals surface area contributed by atoms with Crippen LogP contribution in [0, 0.1) is 0 Å². The van der Waals surface area contributed by atoms with Crippen molar-refractivity contribution in [2.75, 3.05) is 18.5 Å². The van der Waals surface area contributed by atoms with E-state index in [2.05, 4.69) is 33.1 Å². The quantitative estimate of drug-likeness (QED) is 0.259. The second kappa shape index (κ2) is 12.2. The number of amides is 1. The van der Waals surface area contributed by atoms with Gasteiger partial charge in [0.1, 0.15) is 18.1 Å². The molecule has 0 spiro atoms. The molecule has 0 aromatic heterocycles. The number of rotatable bonds is 9. The zero-order chi connectivity index (χ0) is 23.6. The molecule has 5 nitrogen and oxygen atoms in total. The Balaban J connectivity index is 1.64. The summed E-state index contributed by atoms with van der Waals surface area (Å²) in [5.74, 6) is 0.730. The zero-order valence-corrected chi connectivity index (χ0v) is 20.7. The number of ether oxygens (including phenoxy) is 2. The molecule has 0 fully saturated rings. The van der Waals surface area contributed by atoms with Crippen molar-refractivity contribution in [3.8, 4) is 11.5 Å². The molecule has 0 heterocycles. The van der Waals surface area contributed by atoms with Crippen LogP contribution >= 0.6 is 28.1 Å². The van der Waals surface area contributed by atoms with Crippen molar-refractivity contribution in [2.45, 2.75) is 13.3 Å². The van der Waals surface area contributed by atoms with Crippen LogP contribution in [-0.2, 0) is 6.42 Å². The van der Waals surface area contributed by atoms with Crippen molar-refractivity contribution in [1.29, 1.82) is 0 Å². The number of anilines is 1. The van der Waals surface area contributed by atoms with Crippen LogP contribution in [0.5, 0.6) is 11.5 Å². The predicted molar refractivity (Wildman–Crippen MR) is 140 cm³/mol. The molecule has 3 aromatic carbocycles. The first-order valence-corrected chi connectivity index (χ1v) is 11.6. The van der Waals surface area contributed by atoms with Crippen LogP contribution in [0.15, 0.2) is 89.4 Å². The molecule has 0 aliphatic rings. The molecule has 2 N–H and O–H groups in total. The Labute approximate surface area is 207 Å². The van der Waals surface area contributed by atoms with E-state index in [0.717, 1.165) is 16.5 Å². The van der Waals surface area contributed by atoms with Crippen LogP contribution in [-0.4, -0.2) is 24.2 Å². The monoisotopic (exact) mass is 524 g/mol. The Kier molecular flexibility index (Phi) is 9.04. The lowest BCUT2D eigenvalue weighted by molar-refractivity contribution is 0.0973. The van der Waals surface area contributed by atoms with Gasteiger partial charge in [-0.3, -0.25) is 10.1 Å². The van der Waals surface area contributed by atoms with Gasteiger partial charge in [0.2, 0.25) is 0 Å². The Morgan fingerprint density at radius 3 is 2.48 bits per heavy atom. The Morgan fingerprint density at radius 1 is 1.00 bits per heavy atom. The molecule has 7 heteroatoms. The smallest absolute Gasteiger partial charge is 0.261 e. The highest BCUT2D eigenvalue weighted by atomic mass is 79.9. The molecule has 0 aliphatic heterocycles. The second-order valence-corrected chi connectivity index (χ2v) is 8.70. The second-order valence-electron chi connectivity index (χ2n) is 7.37. The minimum absolute atomic E-state index is 0.154. The SMILES string of the molecule is C=C(C)COc1ccccc1NC(=S)NC(=O)c1cc(Br)ccc1OCCc1ccccc1. The van der Waals surface area contributed by atoms with E-state index in [1.807, 2.05) is 67.6 Å². The van der Waals surface area contributed by atoms with Gasteiger partial charge in [0.15, 0.2) is 5.11 Å². The number of benzene rings is 3. The molecular formula is C26H25BrN2O3S. The molecule has 0 unspecified atom stereocenters. The van der Waals surface area contributed by atoms with Gasteiger partial charge in [0, 0.05) is 10.9 Å². The third-order valence-electron chi connectivity index (χ3n) is 4.51. The van der Waals surface area contributed by atoms with Gasteiger partial charge < -0.3 is 14.8 Å². The van der Waals surface area contributed by atoms with E-state index < -0.39 is 0 Å². The van der Waals surface area contributed by atoms with Gasteiger partial charge in [-0.25, -0.2) is 0 Å². The fourth-order valence-electron chi connectivity index (χ4n) is 2.95. The van der Waals surface area contributed by atoms with Crippen molar-refractivity contribution in [1.82, 2.24) is 5.32 Å². The number of carbonyl (C=O) groups excluding carboxylic acids is 1. The zero-order valence-electron chi connectivity index (χ0n) is 18.3. The summed E-state index contributed by atoms with van der Waals surface area (Å²) in [6, 6.07) is 22.7. The summed E-state index contributed by atoms with van der Waals surface area (Å²) in [7, 11) is 0. The largest absolute Gasteiger partial charge is 0.492 e. The first-order chi connectivity index (χ1) is 15.9. The topological polar surface area (TPSA) is 59.6 Å². The molecule has 0 saturated heterocycles. The van der Waals surface area contributed by atoms with E-state index in [1.54, 1.807) is 12.1 Å². The molecule has 0 radical (unpaired) electrons. The fraction of sp³-hybridized carbons (Fsp3) is 0.154. The summed E-state index contributed by atoms with van der Waals surface area (Å²) >= 11 is 8.79. The minimum Gasteiger partial charge on any atom is -0.492 e. The summed E-state index contributed by atoms with van der Waals surface area (Å²) in [4.78, 5) is 13.0. The van der Waals surface area contributed by atoms with Gasteiger partial charge in [-0.2, -0.15) is 0 Å². The van der Waals surface area contributed by atoms with Gasteiger partial charge in [0.05, 0.1) is 17.9 Å². The van der Waals surface area contributed by atoms with Crippen molar-refractivity contribution in [2.24, 2.45) is 0 Å². The van der Waals surface area contributed by atoms with E-state index in [1.165, 1.54) is 5.56 Å². The number of halogens is 1. The molecule has 0 atom stereocenters. The average molecular weight is 525 g/mol. The van der Waals surface area contributed by atoms with Crippen LogP contribution in [0.2, 0.25) is 0 Å². The predicted octanol–water partition coefficient (Wildman–Crippen LogP) is 6.15. The van der Waals surface area contributed by atoms with Crippen LogP contribution in [0.25, 0.3) is 0 Å². The summed E-state index contributed by atoms with van der Waals surface area (Å²) in [6.07, 6.45) is 0.735. The van der Waals surface area contributed by atoms with Gasteiger partial charge in [-0.05, 0) is 60.6 Å². The third kappa shape index (κ3) is 7.73. The maximum absolute atomic E-state index is 13.0. The number of nitrogens with one attached hydrogen (secondary N) is 2. The maximum Gasteiger partial charge on any atom is 0.261 e. The highest BCUT2D eigenvalue weighted by Gasteiger charge is 2.16. The highest BCUT2D eigenvalue weighted by molar-refractivity contribution is 9.10. The number of hydrogen-bond donors (Lipinski definition) is 2. The van der Waals surface area contributed by atoms with E-state index in [0.29, 0.717) is 36.0 Å². The summed E-state index contributed by atoms with van der Waals surface area (Å²) in [6.45, 7) is 6.57. The summed E-state index contributed by atoms with van der Waals surface area (Å²) < 4.78 is 12.4. The number of carbonyl (C=O) groups is 1. The number of para-hydroxylation sites is 2. The van der Waals surface area contributed by atoms with E-state index >= 15 is 0 Å². The van der Waals surface area contributed by atoms with Gasteiger partial charge in [-0.15, -0.1) is 0 Å². The third-order valence-corrected chi connectivity index (χ3v) is 5.21. The molecule has 33 heavy (non-hydrogen) atoms. The molecular weight excluding hydrogens is 500 g/mol. The first kappa shape index (κ1) is 24.5. The Bertz CT molecular complexity index is 1140. The lowest BCUT2D eigenvalue weighted by Gasteiger charge is -2.15. The normalized spacial score (nSPS) is 10.2. The molecule has 3 aromatic rings. The first-order valence-electron chi connectivity index (χ1n) is 10.4. The molecule has 3 rings (SSSR count). The minimum atomic E-state index is -0.371. The highest BCUT2D eigenvalue weighted by Crippen LogP contribution is 2.25. The molecule has 0 bridgehead atoms.